The second kappa shape index (κ2) is 6.94. The fourth-order valence-corrected chi connectivity index (χ4v) is 3.36. The minimum absolute atomic E-state index is 0.0575. The number of ether oxygens (including phenoxy) is 1. The molecule has 3 nitrogen and oxygen atoms in total. The standard InChI is InChI=1S/C17H21BrF3NO2/c1-16(2,3)24-15(23)22-8-6-11(7-9-22)12-4-5-13(14(18)10-12)17(19,20)21/h4-5,10-11H,6-9H2,1-3H3. The van der Waals surface area contributed by atoms with E-state index in [-0.39, 0.29) is 16.5 Å². The highest BCUT2D eigenvalue weighted by molar-refractivity contribution is 9.10. The first kappa shape index (κ1) is 19.1. The van der Waals surface area contributed by atoms with Gasteiger partial charge in [-0.15, -0.1) is 0 Å². The predicted octanol–water partition coefficient (Wildman–Crippen LogP) is 5.58. The van der Waals surface area contributed by atoms with E-state index in [1.807, 2.05) is 20.8 Å². The first-order valence-corrected chi connectivity index (χ1v) is 8.61. The Morgan fingerprint density at radius 2 is 1.79 bits per heavy atom. The highest BCUT2D eigenvalue weighted by Gasteiger charge is 2.34. The van der Waals surface area contributed by atoms with Gasteiger partial charge in [0.15, 0.2) is 0 Å². The molecule has 1 saturated heterocycles. The molecule has 1 aliphatic rings. The van der Waals surface area contributed by atoms with Crippen LogP contribution < -0.4 is 0 Å². The van der Waals surface area contributed by atoms with Gasteiger partial charge >= 0.3 is 12.3 Å². The lowest BCUT2D eigenvalue weighted by atomic mass is 9.89. The highest BCUT2D eigenvalue weighted by Crippen LogP contribution is 2.38. The van der Waals surface area contributed by atoms with E-state index in [4.69, 9.17) is 4.74 Å². The Balaban J connectivity index is 2.00. The molecule has 2 rings (SSSR count). The van der Waals surface area contributed by atoms with Gasteiger partial charge in [0.2, 0.25) is 0 Å². The van der Waals surface area contributed by atoms with Crippen LogP contribution in [-0.2, 0) is 10.9 Å². The molecular formula is C17H21BrF3NO2. The lowest BCUT2D eigenvalue weighted by molar-refractivity contribution is -0.138. The number of hydrogen-bond acceptors (Lipinski definition) is 2. The summed E-state index contributed by atoms with van der Waals surface area (Å²) in [5.41, 5.74) is -0.345. The van der Waals surface area contributed by atoms with Gasteiger partial charge in [-0.05, 0) is 57.2 Å². The second-order valence-electron chi connectivity index (χ2n) is 6.98. The topological polar surface area (TPSA) is 29.5 Å². The zero-order valence-electron chi connectivity index (χ0n) is 13.9. The SMILES string of the molecule is CC(C)(C)OC(=O)N1CCC(c2ccc(C(F)(F)F)c(Br)c2)CC1. The summed E-state index contributed by atoms with van der Waals surface area (Å²) in [5.74, 6) is 0.141. The number of piperidine rings is 1. The fraction of sp³-hybridized carbons (Fsp3) is 0.588. The minimum Gasteiger partial charge on any atom is -0.444 e. The van der Waals surface area contributed by atoms with Crippen LogP contribution in [0.5, 0.6) is 0 Å². The lowest BCUT2D eigenvalue weighted by Gasteiger charge is -2.33. The molecule has 0 aliphatic carbocycles. The number of nitrogens with zero attached hydrogens (tertiary/aromatic N) is 1. The van der Waals surface area contributed by atoms with E-state index < -0.39 is 17.3 Å². The van der Waals surface area contributed by atoms with Crippen LogP contribution in [-0.4, -0.2) is 29.7 Å². The van der Waals surface area contributed by atoms with Crippen LogP contribution in [0.2, 0.25) is 0 Å². The first-order chi connectivity index (χ1) is 11.0. The van der Waals surface area contributed by atoms with Gasteiger partial charge < -0.3 is 9.64 Å². The van der Waals surface area contributed by atoms with Crippen LogP contribution in [0, 0.1) is 0 Å². The molecule has 0 atom stereocenters. The molecule has 1 amide bonds. The normalized spacial score (nSPS) is 17.0. The van der Waals surface area contributed by atoms with Crippen LogP contribution in [0.15, 0.2) is 22.7 Å². The van der Waals surface area contributed by atoms with Gasteiger partial charge in [-0.2, -0.15) is 13.2 Å². The summed E-state index contributed by atoms with van der Waals surface area (Å²) >= 11 is 3.01. The summed E-state index contributed by atoms with van der Waals surface area (Å²) in [5, 5.41) is 0. The number of benzene rings is 1. The summed E-state index contributed by atoms with van der Waals surface area (Å²) in [4.78, 5) is 13.7. The predicted molar refractivity (Wildman–Crippen MR) is 88.9 cm³/mol. The van der Waals surface area contributed by atoms with Gasteiger partial charge in [0.25, 0.3) is 0 Å². The fourth-order valence-electron chi connectivity index (χ4n) is 2.74. The molecule has 7 heteroatoms. The van der Waals surface area contributed by atoms with Gasteiger partial charge in [0, 0.05) is 17.6 Å². The van der Waals surface area contributed by atoms with Crippen molar-refractivity contribution >= 4 is 22.0 Å². The number of halogens is 4. The quantitative estimate of drug-likeness (QED) is 0.607. The van der Waals surface area contributed by atoms with E-state index in [1.165, 1.54) is 12.1 Å². The van der Waals surface area contributed by atoms with E-state index in [2.05, 4.69) is 15.9 Å². The highest BCUT2D eigenvalue weighted by atomic mass is 79.9. The zero-order valence-corrected chi connectivity index (χ0v) is 15.5. The third-order valence-corrected chi connectivity index (χ3v) is 4.57. The summed E-state index contributed by atoms with van der Waals surface area (Å²) in [6.45, 7) is 6.53. The molecule has 1 aromatic rings. The van der Waals surface area contributed by atoms with Crippen molar-refractivity contribution in [2.45, 2.75) is 51.3 Å². The molecule has 0 unspecified atom stereocenters. The summed E-state index contributed by atoms with van der Waals surface area (Å²) in [6.07, 6.45) is -3.29. The summed E-state index contributed by atoms with van der Waals surface area (Å²) in [6, 6.07) is 4.18. The Morgan fingerprint density at radius 1 is 1.21 bits per heavy atom. The molecule has 0 spiro atoms. The molecule has 24 heavy (non-hydrogen) atoms. The van der Waals surface area contributed by atoms with Crippen molar-refractivity contribution in [2.24, 2.45) is 0 Å². The average Bonchev–Trinajstić information content (AvgIpc) is 2.44. The number of carbonyl (C=O) groups is 1. The number of amides is 1. The molecule has 1 fully saturated rings. The number of likely N-dealkylation sites (tertiary alicyclic amines) is 1. The molecular weight excluding hydrogens is 387 g/mol. The Morgan fingerprint density at radius 3 is 2.25 bits per heavy atom. The molecule has 1 heterocycles. The molecule has 1 aromatic carbocycles. The minimum atomic E-state index is -4.36. The second-order valence-corrected chi connectivity index (χ2v) is 7.83. The Labute approximate surface area is 148 Å². The van der Waals surface area contributed by atoms with Crippen molar-refractivity contribution in [1.82, 2.24) is 4.90 Å². The number of alkyl halides is 3. The number of carbonyl (C=O) groups excluding carboxylic acids is 1. The van der Waals surface area contributed by atoms with Gasteiger partial charge in [-0.1, -0.05) is 22.0 Å². The van der Waals surface area contributed by atoms with Gasteiger partial charge in [-0.25, -0.2) is 4.79 Å². The Bertz CT molecular complexity index is 603. The van der Waals surface area contributed by atoms with E-state index in [9.17, 15) is 18.0 Å². The molecule has 0 bridgehead atoms. The molecule has 0 radical (unpaired) electrons. The zero-order chi connectivity index (χ0) is 18.1. The van der Waals surface area contributed by atoms with Crippen molar-refractivity contribution in [3.8, 4) is 0 Å². The maximum absolute atomic E-state index is 12.8. The van der Waals surface area contributed by atoms with E-state index in [0.717, 1.165) is 11.6 Å². The van der Waals surface area contributed by atoms with Crippen LogP contribution >= 0.6 is 15.9 Å². The van der Waals surface area contributed by atoms with E-state index >= 15 is 0 Å². The lowest BCUT2D eigenvalue weighted by Crippen LogP contribution is -2.41. The molecule has 0 aromatic heterocycles. The summed E-state index contributed by atoms with van der Waals surface area (Å²) in [7, 11) is 0. The number of hydrogen-bond donors (Lipinski definition) is 0. The maximum Gasteiger partial charge on any atom is 0.417 e. The molecule has 0 saturated carbocycles. The van der Waals surface area contributed by atoms with Crippen LogP contribution in [0.1, 0.15) is 50.7 Å². The van der Waals surface area contributed by atoms with Crippen LogP contribution in [0.25, 0.3) is 0 Å². The van der Waals surface area contributed by atoms with Gasteiger partial charge in [0.1, 0.15) is 5.60 Å². The van der Waals surface area contributed by atoms with Crippen molar-refractivity contribution in [3.05, 3.63) is 33.8 Å². The van der Waals surface area contributed by atoms with Crippen molar-refractivity contribution in [2.75, 3.05) is 13.1 Å². The van der Waals surface area contributed by atoms with Crippen molar-refractivity contribution in [3.63, 3.8) is 0 Å². The van der Waals surface area contributed by atoms with Crippen LogP contribution in [0.4, 0.5) is 18.0 Å². The third-order valence-electron chi connectivity index (χ3n) is 3.92. The maximum atomic E-state index is 12.8. The smallest absolute Gasteiger partial charge is 0.417 e. The number of rotatable bonds is 1. The Kier molecular flexibility index (Phi) is 5.52. The van der Waals surface area contributed by atoms with E-state index in [0.29, 0.717) is 25.9 Å². The molecule has 1 aliphatic heterocycles. The molecule has 134 valence electrons. The van der Waals surface area contributed by atoms with E-state index in [1.54, 1.807) is 4.90 Å². The van der Waals surface area contributed by atoms with Crippen LogP contribution in [0.3, 0.4) is 0 Å². The van der Waals surface area contributed by atoms with Crippen molar-refractivity contribution in [1.29, 1.82) is 0 Å². The Hall–Kier alpha value is -1.24. The third kappa shape index (κ3) is 4.88. The largest absolute Gasteiger partial charge is 0.444 e. The first-order valence-electron chi connectivity index (χ1n) is 7.82. The monoisotopic (exact) mass is 407 g/mol. The average molecular weight is 408 g/mol. The van der Waals surface area contributed by atoms with Crippen molar-refractivity contribution < 1.29 is 22.7 Å². The van der Waals surface area contributed by atoms with Gasteiger partial charge in [-0.3, -0.25) is 0 Å². The van der Waals surface area contributed by atoms with Gasteiger partial charge in [0.05, 0.1) is 5.56 Å². The molecule has 0 N–H and O–H groups in total. The summed E-state index contributed by atoms with van der Waals surface area (Å²) < 4.78 is 43.8.